The van der Waals surface area contributed by atoms with Gasteiger partial charge in [0, 0.05) is 35.5 Å². The number of rotatable bonds is 7. The fraction of sp³-hybridized carbons (Fsp3) is 0.467. The lowest BCUT2D eigenvalue weighted by molar-refractivity contribution is -0.121. The zero-order valence-electron chi connectivity index (χ0n) is 12.3. The first-order chi connectivity index (χ1) is 10.1. The summed E-state index contributed by atoms with van der Waals surface area (Å²) >= 11 is 1.59. The Balaban J connectivity index is 1.95. The molecule has 5 nitrogen and oxygen atoms in total. The summed E-state index contributed by atoms with van der Waals surface area (Å²) < 4.78 is 7.61. The molecule has 1 amide bonds. The minimum absolute atomic E-state index is 0.0539. The van der Waals surface area contributed by atoms with Crippen LogP contribution in [0.25, 0.3) is 10.1 Å². The van der Waals surface area contributed by atoms with Crippen LogP contribution < -0.4 is 10.9 Å². The minimum atomic E-state index is -0.153. The van der Waals surface area contributed by atoms with E-state index < -0.39 is 0 Å². The van der Waals surface area contributed by atoms with Crippen LogP contribution in [0.15, 0.2) is 23.1 Å². The van der Waals surface area contributed by atoms with Crippen molar-refractivity contribution in [3.63, 3.8) is 0 Å². The van der Waals surface area contributed by atoms with Gasteiger partial charge in [0.2, 0.25) is 5.91 Å². The second-order valence-electron chi connectivity index (χ2n) is 4.78. The second kappa shape index (κ2) is 7.38. The van der Waals surface area contributed by atoms with Crippen molar-refractivity contribution in [3.8, 4) is 0 Å². The van der Waals surface area contributed by atoms with Crippen LogP contribution in [-0.4, -0.2) is 30.2 Å². The van der Waals surface area contributed by atoms with Gasteiger partial charge in [-0.25, -0.2) is 0 Å². The molecule has 6 heteroatoms. The first kappa shape index (κ1) is 15.7. The van der Waals surface area contributed by atoms with Gasteiger partial charge < -0.3 is 14.6 Å². The predicted molar refractivity (Wildman–Crippen MR) is 84.9 cm³/mol. The third kappa shape index (κ3) is 4.15. The fourth-order valence-electron chi connectivity index (χ4n) is 2.08. The Morgan fingerprint density at radius 1 is 1.48 bits per heavy atom. The third-order valence-electron chi connectivity index (χ3n) is 3.09. The van der Waals surface area contributed by atoms with Crippen LogP contribution in [0.2, 0.25) is 0 Å². The van der Waals surface area contributed by atoms with E-state index in [4.69, 9.17) is 4.74 Å². The molecule has 0 aliphatic rings. The topological polar surface area (TPSA) is 60.3 Å². The van der Waals surface area contributed by atoms with Gasteiger partial charge in [0.05, 0.1) is 5.39 Å². The highest BCUT2D eigenvalue weighted by Crippen LogP contribution is 2.21. The Morgan fingerprint density at radius 3 is 3.05 bits per heavy atom. The molecule has 0 atom stereocenters. The zero-order valence-corrected chi connectivity index (χ0v) is 13.2. The third-order valence-corrected chi connectivity index (χ3v) is 4.10. The van der Waals surface area contributed by atoms with Crippen molar-refractivity contribution < 1.29 is 9.53 Å². The van der Waals surface area contributed by atoms with Gasteiger partial charge in [0.15, 0.2) is 0 Å². The zero-order chi connectivity index (χ0) is 15.2. The van der Waals surface area contributed by atoms with Crippen molar-refractivity contribution in [1.29, 1.82) is 0 Å². The number of pyridine rings is 1. The highest BCUT2D eigenvalue weighted by molar-refractivity contribution is 7.18. The molecular weight excluding hydrogens is 288 g/mol. The van der Waals surface area contributed by atoms with Gasteiger partial charge in [0.1, 0.15) is 6.54 Å². The number of nitrogens with one attached hydrogen (secondary N) is 1. The number of hydrogen-bond donors (Lipinski definition) is 1. The van der Waals surface area contributed by atoms with E-state index in [1.165, 1.54) is 4.57 Å². The summed E-state index contributed by atoms with van der Waals surface area (Å²) in [6, 6.07) is 3.76. The molecule has 0 saturated heterocycles. The molecule has 114 valence electrons. The Kier molecular flexibility index (Phi) is 5.52. The van der Waals surface area contributed by atoms with Gasteiger partial charge in [-0.3, -0.25) is 9.59 Å². The molecule has 2 aromatic rings. The molecular formula is C15H20N2O3S. The number of hydrogen-bond acceptors (Lipinski definition) is 4. The summed E-state index contributed by atoms with van der Waals surface area (Å²) in [4.78, 5) is 25.2. The predicted octanol–water partition coefficient (Wildman–Crippen LogP) is 1.91. The number of fused-ring (bicyclic) bond motifs is 1. The molecule has 2 heterocycles. The lowest BCUT2D eigenvalue weighted by atomic mass is 10.3. The maximum atomic E-state index is 12.3. The molecule has 1 N–H and O–H groups in total. The van der Waals surface area contributed by atoms with Crippen molar-refractivity contribution in [2.24, 2.45) is 0 Å². The SMILES string of the molecule is CCOCCCNC(=O)Cn1ccc2sc(C)cc2c1=O. The summed E-state index contributed by atoms with van der Waals surface area (Å²) in [5.41, 5.74) is -0.110. The smallest absolute Gasteiger partial charge is 0.259 e. The van der Waals surface area contributed by atoms with Crippen LogP contribution in [0.3, 0.4) is 0 Å². The molecule has 0 unspecified atom stereocenters. The van der Waals surface area contributed by atoms with E-state index in [1.54, 1.807) is 17.5 Å². The highest BCUT2D eigenvalue weighted by atomic mass is 32.1. The van der Waals surface area contributed by atoms with Crippen molar-refractivity contribution in [3.05, 3.63) is 33.6 Å². The second-order valence-corrected chi connectivity index (χ2v) is 6.07. The van der Waals surface area contributed by atoms with Crippen LogP contribution in [0.1, 0.15) is 18.2 Å². The van der Waals surface area contributed by atoms with Gasteiger partial charge in [-0.1, -0.05) is 0 Å². The monoisotopic (exact) mass is 308 g/mol. The number of carbonyl (C=O) groups is 1. The number of aromatic nitrogens is 1. The molecule has 21 heavy (non-hydrogen) atoms. The maximum Gasteiger partial charge on any atom is 0.259 e. The first-order valence-electron chi connectivity index (χ1n) is 7.06. The summed E-state index contributed by atoms with van der Waals surface area (Å²) in [5.74, 6) is -0.153. The van der Waals surface area contributed by atoms with Crippen molar-refractivity contribution in [2.45, 2.75) is 26.8 Å². The van der Waals surface area contributed by atoms with E-state index in [2.05, 4.69) is 5.32 Å². The molecule has 0 saturated carbocycles. The van der Waals surface area contributed by atoms with Crippen LogP contribution in [-0.2, 0) is 16.1 Å². The van der Waals surface area contributed by atoms with Crippen LogP contribution in [0, 0.1) is 6.92 Å². The average Bonchev–Trinajstić information content (AvgIpc) is 2.83. The van der Waals surface area contributed by atoms with Crippen molar-refractivity contribution in [2.75, 3.05) is 19.8 Å². The van der Waals surface area contributed by atoms with E-state index in [-0.39, 0.29) is 18.0 Å². The lowest BCUT2D eigenvalue weighted by Crippen LogP contribution is -2.32. The summed E-state index contributed by atoms with van der Waals surface area (Å²) in [6.45, 7) is 5.85. The van der Waals surface area contributed by atoms with Gasteiger partial charge in [-0.2, -0.15) is 0 Å². The number of carbonyl (C=O) groups excluding carboxylic acids is 1. The maximum absolute atomic E-state index is 12.3. The molecule has 0 spiro atoms. The molecule has 0 fully saturated rings. The fourth-order valence-corrected chi connectivity index (χ4v) is 2.99. The molecule has 0 aliphatic heterocycles. The van der Waals surface area contributed by atoms with E-state index in [1.807, 2.05) is 26.0 Å². The number of nitrogens with zero attached hydrogens (tertiary/aromatic N) is 1. The van der Waals surface area contributed by atoms with Crippen molar-refractivity contribution >= 4 is 27.3 Å². The number of ether oxygens (including phenoxy) is 1. The van der Waals surface area contributed by atoms with E-state index in [0.717, 1.165) is 16.0 Å². The summed E-state index contributed by atoms with van der Waals surface area (Å²) in [7, 11) is 0. The van der Waals surface area contributed by atoms with Crippen LogP contribution in [0.5, 0.6) is 0 Å². The Bertz CT molecular complexity index is 675. The van der Waals surface area contributed by atoms with Gasteiger partial charge in [-0.15, -0.1) is 11.3 Å². The molecule has 2 aromatic heterocycles. The minimum Gasteiger partial charge on any atom is -0.382 e. The normalized spacial score (nSPS) is 11.0. The largest absolute Gasteiger partial charge is 0.382 e. The molecule has 0 radical (unpaired) electrons. The Hall–Kier alpha value is -1.66. The van der Waals surface area contributed by atoms with Gasteiger partial charge in [-0.05, 0) is 32.4 Å². The highest BCUT2D eigenvalue weighted by Gasteiger charge is 2.08. The molecule has 0 aliphatic carbocycles. The van der Waals surface area contributed by atoms with Crippen molar-refractivity contribution in [1.82, 2.24) is 9.88 Å². The van der Waals surface area contributed by atoms with Gasteiger partial charge >= 0.3 is 0 Å². The number of aryl methyl sites for hydroxylation is 1. The number of thiophene rings is 1. The quantitative estimate of drug-likeness (QED) is 0.795. The standard InChI is InChI=1S/C15H20N2O3S/c1-3-20-8-4-6-16-14(18)10-17-7-5-13-12(15(17)19)9-11(2)21-13/h5,7,9H,3-4,6,8,10H2,1-2H3,(H,16,18). The Morgan fingerprint density at radius 2 is 2.29 bits per heavy atom. The van der Waals surface area contributed by atoms with E-state index >= 15 is 0 Å². The number of amides is 1. The first-order valence-corrected chi connectivity index (χ1v) is 7.87. The summed E-state index contributed by atoms with van der Waals surface area (Å²) in [5, 5.41) is 3.48. The van der Waals surface area contributed by atoms with E-state index in [0.29, 0.717) is 25.1 Å². The lowest BCUT2D eigenvalue weighted by Gasteiger charge is -2.07. The molecule has 0 bridgehead atoms. The Labute approximate surface area is 127 Å². The van der Waals surface area contributed by atoms with Gasteiger partial charge in [0.25, 0.3) is 5.56 Å². The average molecular weight is 308 g/mol. The molecule has 2 rings (SSSR count). The molecule has 0 aromatic carbocycles. The van der Waals surface area contributed by atoms with E-state index in [9.17, 15) is 9.59 Å². The van der Waals surface area contributed by atoms with Crippen LogP contribution in [0.4, 0.5) is 0 Å². The van der Waals surface area contributed by atoms with Crippen LogP contribution >= 0.6 is 11.3 Å². The summed E-state index contributed by atoms with van der Waals surface area (Å²) in [6.07, 6.45) is 2.46.